The molecule has 0 aliphatic heterocycles. The van der Waals surface area contributed by atoms with Crippen molar-refractivity contribution in [2.45, 2.75) is 6.61 Å². The summed E-state index contributed by atoms with van der Waals surface area (Å²) in [6.45, 7) is -2.96. The van der Waals surface area contributed by atoms with Crippen LogP contribution >= 0.6 is 0 Å². The Morgan fingerprint density at radius 2 is 2.09 bits per heavy atom. The number of aromatic amines is 2. The number of nitrogens with zero attached hydrogens (tertiary/aromatic N) is 2. The Labute approximate surface area is 121 Å². The van der Waals surface area contributed by atoms with Crippen molar-refractivity contribution in [3.63, 3.8) is 0 Å². The molecule has 0 saturated heterocycles. The first-order valence-electron chi connectivity index (χ1n) is 6.15. The molecule has 0 unspecified atom stereocenters. The molecule has 22 heavy (non-hydrogen) atoms. The summed E-state index contributed by atoms with van der Waals surface area (Å²) < 4.78 is 34.0. The van der Waals surface area contributed by atoms with E-state index in [0.29, 0.717) is 11.1 Å². The van der Waals surface area contributed by atoms with Crippen LogP contribution in [0.1, 0.15) is 0 Å². The number of halogens is 2. The molecule has 0 aliphatic carbocycles. The first-order chi connectivity index (χ1) is 10.6. The molecule has 1 aromatic carbocycles. The predicted molar refractivity (Wildman–Crippen MR) is 73.1 cm³/mol. The number of fused-ring (bicyclic) bond motifs is 1. The summed E-state index contributed by atoms with van der Waals surface area (Å²) in [6.07, 6.45) is 1.42. The van der Waals surface area contributed by atoms with Gasteiger partial charge in [-0.15, -0.1) is 0 Å². The normalized spacial score (nSPS) is 11.1. The van der Waals surface area contributed by atoms with Crippen LogP contribution in [-0.2, 0) is 0 Å². The van der Waals surface area contributed by atoms with Gasteiger partial charge in [0.05, 0.1) is 13.3 Å². The zero-order chi connectivity index (χ0) is 15.7. The highest BCUT2D eigenvalue weighted by molar-refractivity contribution is 5.75. The van der Waals surface area contributed by atoms with E-state index in [1.54, 1.807) is 0 Å². The summed E-state index contributed by atoms with van der Waals surface area (Å²) in [4.78, 5) is 18.7. The highest BCUT2D eigenvalue weighted by atomic mass is 19.3. The molecule has 2 heterocycles. The lowest BCUT2D eigenvalue weighted by Crippen LogP contribution is -2.09. The molecule has 2 aromatic heterocycles. The van der Waals surface area contributed by atoms with Gasteiger partial charge in [0.1, 0.15) is 16.9 Å². The number of nitrogens with one attached hydrogen (secondary N) is 2. The van der Waals surface area contributed by atoms with Crippen molar-refractivity contribution >= 4 is 11.0 Å². The molecule has 2 N–H and O–H groups in total. The topological polar surface area (TPSA) is 92.9 Å². The van der Waals surface area contributed by atoms with E-state index in [1.807, 2.05) is 0 Å². The Balaban J connectivity index is 2.08. The summed E-state index contributed by atoms with van der Waals surface area (Å²) in [6, 6.07) is 4.26. The smallest absolute Gasteiger partial charge is 0.387 e. The molecule has 7 nitrogen and oxygen atoms in total. The van der Waals surface area contributed by atoms with Crippen LogP contribution in [0.25, 0.3) is 22.4 Å². The minimum absolute atomic E-state index is 0.104. The van der Waals surface area contributed by atoms with E-state index in [9.17, 15) is 13.6 Å². The minimum Gasteiger partial charge on any atom is -0.493 e. The van der Waals surface area contributed by atoms with Crippen LogP contribution in [0.3, 0.4) is 0 Å². The summed E-state index contributed by atoms with van der Waals surface area (Å²) >= 11 is 0. The quantitative estimate of drug-likeness (QED) is 0.768. The minimum atomic E-state index is -2.96. The zero-order valence-electron chi connectivity index (χ0n) is 11.3. The maximum Gasteiger partial charge on any atom is 0.387 e. The van der Waals surface area contributed by atoms with Crippen molar-refractivity contribution in [2.24, 2.45) is 0 Å². The summed E-state index contributed by atoms with van der Waals surface area (Å²) in [7, 11) is 1.33. The third-order valence-electron chi connectivity index (χ3n) is 2.96. The first-order valence-corrected chi connectivity index (χ1v) is 6.15. The fourth-order valence-corrected chi connectivity index (χ4v) is 2.00. The van der Waals surface area contributed by atoms with Crippen molar-refractivity contribution in [2.75, 3.05) is 7.11 Å². The fraction of sp³-hybridized carbons (Fsp3) is 0.154. The van der Waals surface area contributed by atoms with Crippen molar-refractivity contribution in [1.29, 1.82) is 0 Å². The van der Waals surface area contributed by atoms with Gasteiger partial charge in [0.25, 0.3) is 5.56 Å². The van der Waals surface area contributed by atoms with Crippen molar-refractivity contribution in [1.82, 2.24) is 20.2 Å². The third kappa shape index (κ3) is 2.48. The van der Waals surface area contributed by atoms with Gasteiger partial charge >= 0.3 is 6.61 Å². The van der Waals surface area contributed by atoms with Gasteiger partial charge in [-0.05, 0) is 18.2 Å². The average molecular weight is 308 g/mol. The standard InChI is InChI=1S/C13H10F2N4O3/c1-21-9-4-6(2-3-8(9)22-13(14)15)11-17-7-5-16-19-10(7)12(20)18-11/h2-5,13H,1H3,(H,16,19)(H,17,18,20). The number of hydrogen-bond donors (Lipinski definition) is 2. The lowest BCUT2D eigenvalue weighted by molar-refractivity contribution is -0.0512. The number of H-pyrrole nitrogens is 2. The molecular weight excluding hydrogens is 298 g/mol. The summed E-state index contributed by atoms with van der Waals surface area (Å²) in [5, 5.41) is 6.28. The molecular formula is C13H10F2N4O3. The van der Waals surface area contributed by atoms with Crippen LogP contribution in [-0.4, -0.2) is 33.9 Å². The van der Waals surface area contributed by atoms with E-state index in [-0.39, 0.29) is 28.4 Å². The Bertz CT molecular complexity index is 875. The molecule has 3 aromatic rings. The Hall–Kier alpha value is -2.97. The number of hydrogen-bond acceptors (Lipinski definition) is 5. The second kappa shape index (κ2) is 5.43. The second-order valence-corrected chi connectivity index (χ2v) is 4.29. The number of methoxy groups -OCH3 is 1. The number of alkyl halides is 2. The largest absolute Gasteiger partial charge is 0.493 e. The molecule has 0 aliphatic rings. The van der Waals surface area contributed by atoms with Gasteiger partial charge in [-0.2, -0.15) is 13.9 Å². The fourth-order valence-electron chi connectivity index (χ4n) is 2.00. The van der Waals surface area contributed by atoms with Crippen LogP contribution in [0.5, 0.6) is 11.5 Å². The van der Waals surface area contributed by atoms with E-state index >= 15 is 0 Å². The third-order valence-corrected chi connectivity index (χ3v) is 2.96. The van der Waals surface area contributed by atoms with Gasteiger partial charge in [-0.1, -0.05) is 0 Å². The summed E-state index contributed by atoms with van der Waals surface area (Å²) in [5.74, 6) is 0.265. The molecule has 0 bridgehead atoms. The maximum absolute atomic E-state index is 12.3. The van der Waals surface area contributed by atoms with Crippen LogP contribution in [0.2, 0.25) is 0 Å². The second-order valence-electron chi connectivity index (χ2n) is 4.29. The van der Waals surface area contributed by atoms with Gasteiger partial charge in [-0.3, -0.25) is 9.89 Å². The molecule has 0 amide bonds. The van der Waals surface area contributed by atoms with Crippen molar-refractivity contribution in [3.05, 3.63) is 34.7 Å². The van der Waals surface area contributed by atoms with Crippen LogP contribution in [0.15, 0.2) is 29.2 Å². The molecule has 3 rings (SSSR count). The maximum atomic E-state index is 12.3. The highest BCUT2D eigenvalue weighted by Gasteiger charge is 2.13. The van der Waals surface area contributed by atoms with Gasteiger partial charge in [0.15, 0.2) is 11.5 Å². The zero-order valence-corrected chi connectivity index (χ0v) is 11.3. The summed E-state index contributed by atoms with van der Waals surface area (Å²) in [5.41, 5.74) is 0.752. The average Bonchev–Trinajstić information content (AvgIpc) is 2.96. The highest BCUT2D eigenvalue weighted by Crippen LogP contribution is 2.32. The predicted octanol–water partition coefficient (Wildman–Crippen LogP) is 1.92. The van der Waals surface area contributed by atoms with Crippen LogP contribution in [0.4, 0.5) is 8.78 Å². The Morgan fingerprint density at radius 1 is 1.27 bits per heavy atom. The molecule has 0 fully saturated rings. The van der Waals surface area contributed by atoms with E-state index in [2.05, 4.69) is 24.9 Å². The molecule has 9 heteroatoms. The number of rotatable bonds is 4. The van der Waals surface area contributed by atoms with Gasteiger partial charge in [0.2, 0.25) is 0 Å². The number of benzene rings is 1. The SMILES string of the molecule is COc1cc(-c2nc3cn[nH]c3c(=O)[nH]2)ccc1OC(F)F. The number of ether oxygens (including phenoxy) is 2. The first kappa shape index (κ1) is 14.0. The number of aromatic nitrogens is 4. The molecule has 0 radical (unpaired) electrons. The Kier molecular flexibility index (Phi) is 3.45. The van der Waals surface area contributed by atoms with Gasteiger partial charge in [0, 0.05) is 5.56 Å². The lowest BCUT2D eigenvalue weighted by Gasteiger charge is -2.11. The van der Waals surface area contributed by atoms with Crippen molar-refractivity contribution in [3.8, 4) is 22.9 Å². The lowest BCUT2D eigenvalue weighted by atomic mass is 10.2. The van der Waals surface area contributed by atoms with E-state index in [4.69, 9.17) is 4.74 Å². The molecule has 0 spiro atoms. The molecule has 0 saturated carbocycles. The van der Waals surface area contributed by atoms with Crippen molar-refractivity contribution < 1.29 is 18.3 Å². The van der Waals surface area contributed by atoms with Crippen LogP contribution in [0, 0.1) is 0 Å². The van der Waals surface area contributed by atoms with Gasteiger partial charge in [-0.25, -0.2) is 4.98 Å². The van der Waals surface area contributed by atoms with Crippen LogP contribution < -0.4 is 15.0 Å². The van der Waals surface area contributed by atoms with E-state index in [1.165, 1.54) is 31.5 Å². The van der Waals surface area contributed by atoms with Gasteiger partial charge < -0.3 is 14.5 Å². The van der Waals surface area contributed by atoms with E-state index in [0.717, 1.165) is 0 Å². The van der Waals surface area contributed by atoms with E-state index < -0.39 is 6.61 Å². The Morgan fingerprint density at radius 3 is 2.82 bits per heavy atom. The molecule has 114 valence electrons. The molecule has 0 atom stereocenters. The monoisotopic (exact) mass is 308 g/mol.